The lowest BCUT2D eigenvalue weighted by molar-refractivity contribution is 0.178. The first kappa shape index (κ1) is 20.4. The molecule has 2 aliphatic rings. The van der Waals surface area contributed by atoms with Gasteiger partial charge in [-0.15, -0.1) is 0 Å². The van der Waals surface area contributed by atoms with Gasteiger partial charge in [0.25, 0.3) is 0 Å². The van der Waals surface area contributed by atoms with E-state index in [9.17, 15) is 0 Å². The topological polar surface area (TPSA) is 51.9 Å². The Balaban J connectivity index is 1.41. The summed E-state index contributed by atoms with van der Waals surface area (Å²) < 4.78 is 14.9. The third-order valence-electron chi connectivity index (χ3n) is 5.66. The van der Waals surface area contributed by atoms with Gasteiger partial charge in [0.1, 0.15) is 16.0 Å². The molecule has 1 saturated heterocycles. The summed E-state index contributed by atoms with van der Waals surface area (Å²) in [4.78, 5) is 11.5. The highest BCUT2D eigenvalue weighted by atomic mass is 79.9. The molecular formula is C22H29BrN4O2. The molecule has 6 nitrogen and oxygen atoms in total. The molecule has 0 amide bonds. The van der Waals surface area contributed by atoms with Crippen molar-refractivity contribution in [2.24, 2.45) is 4.99 Å². The Hall–Kier alpha value is -1.86. The number of benzene rings is 1. The lowest BCUT2D eigenvalue weighted by atomic mass is 10.0. The molecule has 2 aromatic rings. The second-order valence-corrected chi connectivity index (χ2v) is 8.35. The minimum atomic E-state index is 0.539. The van der Waals surface area contributed by atoms with Crippen molar-refractivity contribution in [2.75, 3.05) is 26.3 Å². The zero-order valence-corrected chi connectivity index (χ0v) is 18.8. The number of hydrogen-bond acceptors (Lipinski definition) is 5. The SMILES string of the molecule is CCOc1cc(CN2CCC(n3cnc4c3CC=NC4)CC2)cc(OCC)c1Br. The van der Waals surface area contributed by atoms with Crippen LogP contribution in [0, 0.1) is 0 Å². The Kier molecular flexibility index (Phi) is 6.55. The summed E-state index contributed by atoms with van der Waals surface area (Å²) in [6.45, 7) is 9.09. The number of hydrogen-bond donors (Lipinski definition) is 0. The summed E-state index contributed by atoms with van der Waals surface area (Å²) in [6.07, 6.45) is 7.25. The molecule has 0 saturated carbocycles. The van der Waals surface area contributed by atoms with E-state index < -0.39 is 0 Å². The summed E-state index contributed by atoms with van der Waals surface area (Å²) in [5.41, 5.74) is 3.74. The third kappa shape index (κ3) is 4.51. The van der Waals surface area contributed by atoms with Gasteiger partial charge in [0, 0.05) is 44.0 Å². The van der Waals surface area contributed by atoms with Gasteiger partial charge in [0.2, 0.25) is 0 Å². The van der Waals surface area contributed by atoms with Gasteiger partial charge in [0.05, 0.1) is 31.8 Å². The number of fused-ring (bicyclic) bond motifs is 1. The fraction of sp³-hybridized carbons (Fsp3) is 0.545. The first-order valence-corrected chi connectivity index (χ1v) is 11.3. The molecule has 0 aliphatic carbocycles. The maximum Gasteiger partial charge on any atom is 0.137 e. The summed E-state index contributed by atoms with van der Waals surface area (Å²) in [7, 11) is 0. The van der Waals surface area contributed by atoms with Gasteiger partial charge in [-0.1, -0.05) is 0 Å². The van der Waals surface area contributed by atoms with Crippen molar-refractivity contribution in [3.8, 4) is 11.5 Å². The first-order chi connectivity index (χ1) is 14.2. The van der Waals surface area contributed by atoms with Crippen LogP contribution in [0.5, 0.6) is 11.5 Å². The van der Waals surface area contributed by atoms with E-state index >= 15 is 0 Å². The molecule has 0 unspecified atom stereocenters. The van der Waals surface area contributed by atoms with Crippen LogP contribution in [0.2, 0.25) is 0 Å². The van der Waals surface area contributed by atoms with Crippen molar-refractivity contribution in [3.63, 3.8) is 0 Å². The molecule has 156 valence electrons. The van der Waals surface area contributed by atoms with E-state index in [2.05, 4.69) is 47.5 Å². The van der Waals surface area contributed by atoms with Crippen LogP contribution in [0.1, 0.15) is 49.7 Å². The summed E-state index contributed by atoms with van der Waals surface area (Å²) in [5.74, 6) is 1.71. The van der Waals surface area contributed by atoms with Crippen LogP contribution in [0.15, 0.2) is 27.9 Å². The first-order valence-electron chi connectivity index (χ1n) is 10.5. The molecule has 0 bridgehead atoms. The van der Waals surface area contributed by atoms with Crippen LogP contribution in [-0.2, 0) is 19.5 Å². The second-order valence-electron chi connectivity index (χ2n) is 7.55. The van der Waals surface area contributed by atoms with Gasteiger partial charge in [-0.3, -0.25) is 9.89 Å². The third-order valence-corrected chi connectivity index (χ3v) is 6.44. The van der Waals surface area contributed by atoms with Crippen molar-refractivity contribution in [1.29, 1.82) is 0 Å². The number of aromatic nitrogens is 2. The summed E-state index contributed by atoms with van der Waals surface area (Å²) >= 11 is 3.62. The number of piperidine rings is 1. The molecule has 2 aliphatic heterocycles. The smallest absolute Gasteiger partial charge is 0.137 e. The second kappa shape index (κ2) is 9.30. The summed E-state index contributed by atoms with van der Waals surface area (Å²) in [6, 6.07) is 4.80. The van der Waals surface area contributed by atoms with Gasteiger partial charge in [-0.05, 0) is 60.3 Å². The van der Waals surface area contributed by atoms with Gasteiger partial charge < -0.3 is 14.0 Å². The van der Waals surface area contributed by atoms with Crippen molar-refractivity contribution in [1.82, 2.24) is 14.5 Å². The highest BCUT2D eigenvalue weighted by molar-refractivity contribution is 9.10. The van der Waals surface area contributed by atoms with E-state index in [1.807, 2.05) is 26.4 Å². The monoisotopic (exact) mass is 460 g/mol. The van der Waals surface area contributed by atoms with Crippen LogP contribution >= 0.6 is 15.9 Å². The number of aliphatic imine (C=N–C) groups is 1. The molecule has 3 heterocycles. The molecule has 1 aromatic carbocycles. The Labute approximate surface area is 181 Å². The standard InChI is InChI=1S/C22H29BrN4O2/c1-3-28-20-11-16(12-21(22(20)23)29-4-2)14-26-9-6-17(7-10-26)27-15-25-18-13-24-8-5-19(18)27/h8,11-12,15,17H,3-7,9-10,13-14H2,1-2H3. The van der Waals surface area contributed by atoms with E-state index in [-0.39, 0.29) is 0 Å². The number of rotatable bonds is 7. The van der Waals surface area contributed by atoms with Gasteiger partial charge >= 0.3 is 0 Å². The number of halogens is 1. The molecule has 29 heavy (non-hydrogen) atoms. The largest absolute Gasteiger partial charge is 0.493 e. The lowest BCUT2D eigenvalue weighted by Gasteiger charge is -2.33. The fourth-order valence-electron chi connectivity index (χ4n) is 4.25. The van der Waals surface area contributed by atoms with Crippen LogP contribution in [0.25, 0.3) is 0 Å². The highest BCUT2D eigenvalue weighted by Crippen LogP contribution is 2.37. The number of nitrogens with zero attached hydrogens (tertiary/aromatic N) is 4. The predicted molar refractivity (Wildman–Crippen MR) is 118 cm³/mol. The van der Waals surface area contributed by atoms with Gasteiger partial charge in [-0.25, -0.2) is 4.98 Å². The van der Waals surface area contributed by atoms with E-state index in [4.69, 9.17) is 9.47 Å². The van der Waals surface area contributed by atoms with Crippen molar-refractivity contribution < 1.29 is 9.47 Å². The van der Waals surface area contributed by atoms with Crippen molar-refractivity contribution in [2.45, 2.75) is 52.2 Å². The van der Waals surface area contributed by atoms with E-state index in [1.165, 1.54) is 11.3 Å². The molecule has 7 heteroatoms. The Morgan fingerprint density at radius 1 is 1.10 bits per heavy atom. The number of imidazole rings is 1. The maximum atomic E-state index is 5.81. The zero-order valence-electron chi connectivity index (χ0n) is 17.2. The molecule has 0 N–H and O–H groups in total. The predicted octanol–water partition coefficient (Wildman–Crippen LogP) is 4.41. The zero-order chi connectivity index (χ0) is 20.2. The highest BCUT2D eigenvalue weighted by Gasteiger charge is 2.24. The Morgan fingerprint density at radius 2 is 1.79 bits per heavy atom. The Morgan fingerprint density at radius 3 is 2.45 bits per heavy atom. The van der Waals surface area contributed by atoms with Gasteiger partial charge in [0.15, 0.2) is 0 Å². The number of ether oxygens (including phenoxy) is 2. The minimum absolute atomic E-state index is 0.539. The molecule has 1 aromatic heterocycles. The van der Waals surface area contributed by atoms with Crippen LogP contribution in [0.4, 0.5) is 0 Å². The van der Waals surface area contributed by atoms with Crippen LogP contribution in [0.3, 0.4) is 0 Å². The molecular weight excluding hydrogens is 432 g/mol. The number of likely N-dealkylation sites (tertiary alicyclic amines) is 1. The molecule has 0 atom stereocenters. The fourth-order valence-corrected chi connectivity index (χ4v) is 4.71. The summed E-state index contributed by atoms with van der Waals surface area (Å²) in [5, 5.41) is 0. The average Bonchev–Trinajstić information content (AvgIpc) is 3.16. The van der Waals surface area contributed by atoms with Crippen molar-refractivity contribution in [3.05, 3.63) is 39.9 Å². The maximum absolute atomic E-state index is 5.81. The minimum Gasteiger partial charge on any atom is -0.493 e. The molecule has 0 spiro atoms. The van der Waals surface area contributed by atoms with Crippen LogP contribution in [-0.4, -0.2) is 47.0 Å². The van der Waals surface area contributed by atoms with Crippen LogP contribution < -0.4 is 9.47 Å². The van der Waals surface area contributed by atoms with E-state index in [1.54, 1.807) is 0 Å². The van der Waals surface area contributed by atoms with E-state index in [0.717, 1.165) is 67.1 Å². The normalized spacial score (nSPS) is 17.3. The molecule has 0 radical (unpaired) electrons. The van der Waals surface area contributed by atoms with Crippen molar-refractivity contribution >= 4 is 22.1 Å². The lowest BCUT2D eigenvalue weighted by Crippen LogP contribution is -2.34. The quantitative estimate of drug-likeness (QED) is 0.613. The Bertz CT molecular complexity index is 845. The van der Waals surface area contributed by atoms with Gasteiger partial charge in [-0.2, -0.15) is 0 Å². The average molecular weight is 461 g/mol. The molecule has 1 fully saturated rings. The van der Waals surface area contributed by atoms with E-state index in [0.29, 0.717) is 19.3 Å². The molecule has 4 rings (SSSR count).